The number of halogens is 2. The lowest BCUT2D eigenvalue weighted by Crippen LogP contribution is -2.36. The summed E-state index contributed by atoms with van der Waals surface area (Å²) in [6.07, 6.45) is 4.26. The van der Waals surface area contributed by atoms with E-state index in [1.54, 1.807) is 24.3 Å². The van der Waals surface area contributed by atoms with E-state index in [1.165, 1.54) is 11.3 Å². The van der Waals surface area contributed by atoms with Crippen molar-refractivity contribution in [2.45, 2.75) is 68.6 Å². The number of nitrogens with zero attached hydrogens (tertiary/aromatic N) is 1. The number of hydrogen-bond donors (Lipinski definition) is 0. The number of esters is 1. The molecule has 5 nitrogen and oxygen atoms in total. The molecule has 2 amide bonds. The first-order chi connectivity index (χ1) is 15.2. The number of ether oxygens (including phenoxy) is 1. The van der Waals surface area contributed by atoms with Crippen LogP contribution in [0.2, 0.25) is 0 Å². The number of hydrogen-bond acceptors (Lipinski definition) is 4. The SMILES string of the molecule is CC(C)[C@H]1CC[C@H](C)C[C@H]1OC(=O)c1cccc(N2C(=O)[C@H]3C[C@@H](Br)[C@@H](Br)C[C@H]3C2=O)c1. The molecule has 32 heavy (non-hydrogen) atoms. The molecule has 0 bridgehead atoms. The summed E-state index contributed by atoms with van der Waals surface area (Å²) in [5.41, 5.74) is 0.842. The van der Waals surface area contributed by atoms with Crippen molar-refractivity contribution >= 4 is 55.3 Å². The summed E-state index contributed by atoms with van der Waals surface area (Å²) >= 11 is 7.24. The van der Waals surface area contributed by atoms with Gasteiger partial charge >= 0.3 is 5.97 Å². The largest absolute Gasteiger partial charge is 0.458 e. The minimum absolute atomic E-state index is 0.0976. The van der Waals surface area contributed by atoms with Crippen molar-refractivity contribution in [3.63, 3.8) is 0 Å². The summed E-state index contributed by atoms with van der Waals surface area (Å²) in [6, 6.07) is 6.77. The van der Waals surface area contributed by atoms with Gasteiger partial charge in [-0.25, -0.2) is 4.79 Å². The van der Waals surface area contributed by atoms with Crippen molar-refractivity contribution in [2.75, 3.05) is 4.90 Å². The molecule has 174 valence electrons. The van der Waals surface area contributed by atoms with E-state index in [0.29, 0.717) is 41.8 Å². The molecule has 3 fully saturated rings. The van der Waals surface area contributed by atoms with Crippen LogP contribution in [0.25, 0.3) is 0 Å². The first-order valence-electron chi connectivity index (χ1n) is 11.6. The van der Waals surface area contributed by atoms with E-state index < -0.39 is 0 Å². The van der Waals surface area contributed by atoms with Gasteiger partial charge in [-0.05, 0) is 61.6 Å². The van der Waals surface area contributed by atoms with Gasteiger partial charge in [0.15, 0.2) is 0 Å². The second-order valence-corrected chi connectivity index (χ2v) is 12.4. The first kappa shape index (κ1) is 23.9. The molecule has 7 atom stereocenters. The zero-order valence-electron chi connectivity index (χ0n) is 18.8. The van der Waals surface area contributed by atoms with Gasteiger partial charge in [-0.15, -0.1) is 0 Å². The van der Waals surface area contributed by atoms with Gasteiger partial charge in [0.1, 0.15) is 6.10 Å². The highest BCUT2D eigenvalue weighted by molar-refractivity contribution is 9.12. The molecule has 3 aliphatic rings. The summed E-state index contributed by atoms with van der Waals surface area (Å²) in [6.45, 7) is 6.57. The molecule has 0 spiro atoms. The van der Waals surface area contributed by atoms with E-state index in [4.69, 9.17) is 4.74 Å². The lowest BCUT2D eigenvalue weighted by Gasteiger charge is -2.36. The van der Waals surface area contributed by atoms with E-state index in [1.807, 2.05) is 0 Å². The molecule has 0 radical (unpaired) electrons. The number of rotatable bonds is 4. The Morgan fingerprint density at radius 2 is 1.66 bits per heavy atom. The van der Waals surface area contributed by atoms with Crippen LogP contribution in [0.15, 0.2) is 24.3 Å². The summed E-state index contributed by atoms with van der Waals surface area (Å²) in [5, 5.41) is 0. The van der Waals surface area contributed by atoms with E-state index >= 15 is 0 Å². The number of carbonyl (C=O) groups excluding carboxylic acids is 3. The minimum Gasteiger partial charge on any atom is -0.458 e. The summed E-state index contributed by atoms with van der Waals surface area (Å²) in [4.78, 5) is 40.8. The fourth-order valence-corrected chi connectivity index (χ4v) is 6.81. The maximum absolute atomic E-state index is 13.1. The van der Waals surface area contributed by atoms with Crippen molar-refractivity contribution in [2.24, 2.45) is 29.6 Å². The van der Waals surface area contributed by atoms with Gasteiger partial charge in [-0.2, -0.15) is 0 Å². The quantitative estimate of drug-likeness (QED) is 0.264. The van der Waals surface area contributed by atoms with Crippen LogP contribution in [0.4, 0.5) is 5.69 Å². The van der Waals surface area contributed by atoms with Crippen LogP contribution in [0.1, 0.15) is 63.2 Å². The summed E-state index contributed by atoms with van der Waals surface area (Å²) in [7, 11) is 0. The maximum Gasteiger partial charge on any atom is 0.338 e. The monoisotopic (exact) mass is 567 g/mol. The Balaban J connectivity index is 1.53. The van der Waals surface area contributed by atoms with Crippen molar-refractivity contribution < 1.29 is 19.1 Å². The maximum atomic E-state index is 13.1. The molecule has 2 saturated carbocycles. The molecular weight excluding hydrogens is 538 g/mol. The van der Waals surface area contributed by atoms with Gasteiger partial charge in [0.2, 0.25) is 11.8 Å². The van der Waals surface area contributed by atoms with Gasteiger partial charge in [0, 0.05) is 9.65 Å². The molecule has 7 heteroatoms. The summed E-state index contributed by atoms with van der Waals surface area (Å²) in [5.74, 6) is -0.00349. The topological polar surface area (TPSA) is 63.7 Å². The molecule has 1 heterocycles. The average Bonchev–Trinajstić information content (AvgIpc) is 2.98. The van der Waals surface area contributed by atoms with Crippen LogP contribution in [0.3, 0.4) is 0 Å². The molecule has 1 saturated heterocycles. The Kier molecular flexibility index (Phi) is 7.16. The Hall–Kier alpha value is -1.21. The zero-order valence-corrected chi connectivity index (χ0v) is 22.0. The average molecular weight is 569 g/mol. The number of carbonyl (C=O) groups is 3. The normalized spacial score (nSPS) is 35.2. The molecule has 0 unspecified atom stereocenters. The van der Waals surface area contributed by atoms with Crippen LogP contribution < -0.4 is 4.90 Å². The first-order valence-corrected chi connectivity index (χ1v) is 13.5. The highest BCUT2D eigenvalue weighted by Crippen LogP contribution is 2.44. The number of imide groups is 1. The van der Waals surface area contributed by atoms with Crippen LogP contribution in [-0.2, 0) is 14.3 Å². The molecule has 0 aromatic heterocycles. The lowest BCUT2D eigenvalue weighted by atomic mass is 9.75. The summed E-state index contributed by atoms with van der Waals surface area (Å²) < 4.78 is 5.98. The van der Waals surface area contributed by atoms with Crippen molar-refractivity contribution in [1.29, 1.82) is 0 Å². The molecule has 2 aliphatic carbocycles. The fourth-order valence-electron chi connectivity index (χ4n) is 5.58. The van der Waals surface area contributed by atoms with Crippen LogP contribution >= 0.6 is 31.9 Å². The van der Waals surface area contributed by atoms with Crippen LogP contribution in [0, 0.1) is 29.6 Å². The number of alkyl halides is 2. The van der Waals surface area contributed by atoms with E-state index in [0.717, 1.165) is 12.8 Å². The Bertz CT molecular complexity index is 876. The Morgan fingerprint density at radius 3 is 2.25 bits per heavy atom. The number of fused-ring (bicyclic) bond motifs is 1. The van der Waals surface area contributed by atoms with Crippen LogP contribution in [-0.4, -0.2) is 33.5 Å². The third-order valence-electron chi connectivity index (χ3n) is 7.47. The molecule has 0 N–H and O–H groups in total. The van der Waals surface area contributed by atoms with Crippen molar-refractivity contribution in [3.05, 3.63) is 29.8 Å². The molecule has 1 aromatic rings. The predicted molar refractivity (Wildman–Crippen MR) is 131 cm³/mol. The highest BCUT2D eigenvalue weighted by atomic mass is 79.9. The fraction of sp³-hybridized carbons (Fsp3) is 0.640. The van der Waals surface area contributed by atoms with Gasteiger partial charge < -0.3 is 4.74 Å². The zero-order chi connectivity index (χ0) is 23.2. The number of anilines is 1. The number of benzene rings is 1. The second-order valence-electron chi connectivity index (χ2n) is 10.0. The lowest BCUT2D eigenvalue weighted by molar-refractivity contribution is -0.122. The standard InChI is InChI=1S/C25H31Br2NO4/c1-13(2)17-8-7-14(3)9-22(17)32-25(31)15-5-4-6-16(10-15)28-23(29)18-11-20(26)21(27)12-19(18)24(28)30/h4-6,10,13-14,17-22H,7-9,11-12H2,1-3H3/t14-,17+,18-,19+,20+,21-,22+/m0/s1. The van der Waals surface area contributed by atoms with Gasteiger partial charge in [0.25, 0.3) is 0 Å². The van der Waals surface area contributed by atoms with E-state index in [9.17, 15) is 14.4 Å². The number of amides is 2. The van der Waals surface area contributed by atoms with Gasteiger partial charge in [-0.1, -0.05) is 65.1 Å². The highest BCUT2D eigenvalue weighted by Gasteiger charge is 2.52. The van der Waals surface area contributed by atoms with Gasteiger partial charge in [0.05, 0.1) is 23.1 Å². The van der Waals surface area contributed by atoms with Crippen molar-refractivity contribution in [1.82, 2.24) is 0 Å². The molecular formula is C25H31Br2NO4. The smallest absolute Gasteiger partial charge is 0.338 e. The van der Waals surface area contributed by atoms with Gasteiger partial charge in [-0.3, -0.25) is 14.5 Å². The second kappa shape index (κ2) is 9.57. The molecule has 4 rings (SSSR count). The predicted octanol–water partition coefficient (Wildman–Crippen LogP) is 5.73. The third-order valence-corrected chi connectivity index (χ3v) is 10.2. The minimum atomic E-state index is -0.380. The molecule has 1 aliphatic heterocycles. The van der Waals surface area contributed by atoms with Crippen LogP contribution in [0.5, 0.6) is 0 Å². The third kappa shape index (κ3) is 4.56. The van der Waals surface area contributed by atoms with Crippen molar-refractivity contribution in [3.8, 4) is 0 Å². The Morgan fingerprint density at radius 1 is 1.03 bits per heavy atom. The molecule has 1 aromatic carbocycles. The van der Waals surface area contributed by atoms with E-state index in [2.05, 4.69) is 52.6 Å². The van der Waals surface area contributed by atoms with E-state index in [-0.39, 0.29) is 45.4 Å². The Labute approximate surface area is 206 Å².